The van der Waals surface area contributed by atoms with E-state index in [2.05, 4.69) is 5.32 Å². The summed E-state index contributed by atoms with van der Waals surface area (Å²) in [5.41, 5.74) is 6.51. The topological polar surface area (TPSA) is 64.3 Å². The molecule has 1 rings (SSSR count). The average molecular weight is 222 g/mol. The smallest absolute Gasteiger partial charge is 0.241 e. The van der Waals surface area contributed by atoms with Gasteiger partial charge in [0.25, 0.3) is 0 Å². The largest absolute Gasteiger partial charge is 0.385 e. The van der Waals surface area contributed by atoms with E-state index in [-0.39, 0.29) is 5.91 Å². The maximum atomic E-state index is 11.6. The molecular weight excluding hydrogens is 204 g/mol. The first kappa shape index (κ1) is 12.7. The SMILES string of the molecule is COCCCC(N)C(=O)Nc1ccccc1. The summed E-state index contributed by atoms with van der Waals surface area (Å²) < 4.78 is 4.90. The first-order chi connectivity index (χ1) is 7.74. The Hall–Kier alpha value is -1.39. The van der Waals surface area contributed by atoms with E-state index < -0.39 is 6.04 Å². The third-order valence-corrected chi connectivity index (χ3v) is 2.24. The summed E-state index contributed by atoms with van der Waals surface area (Å²) in [5.74, 6) is -0.151. The summed E-state index contributed by atoms with van der Waals surface area (Å²) in [6.45, 7) is 0.631. The fourth-order valence-corrected chi connectivity index (χ4v) is 1.34. The van der Waals surface area contributed by atoms with Crippen molar-refractivity contribution < 1.29 is 9.53 Å². The zero-order valence-electron chi connectivity index (χ0n) is 9.48. The third kappa shape index (κ3) is 4.42. The Morgan fingerprint density at radius 1 is 1.44 bits per heavy atom. The molecule has 0 aliphatic rings. The van der Waals surface area contributed by atoms with Gasteiger partial charge < -0.3 is 15.8 Å². The Kier molecular flexibility index (Phi) is 5.53. The minimum atomic E-state index is -0.477. The number of nitrogens with two attached hydrogens (primary N) is 1. The number of nitrogens with one attached hydrogen (secondary N) is 1. The van der Waals surface area contributed by atoms with E-state index in [1.54, 1.807) is 7.11 Å². The van der Waals surface area contributed by atoms with Gasteiger partial charge >= 0.3 is 0 Å². The normalized spacial score (nSPS) is 12.1. The van der Waals surface area contributed by atoms with Crippen LogP contribution in [0.1, 0.15) is 12.8 Å². The Labute approximate surface area is 95.8 Å². The van der Waals surface area contributed by atoms with Crippen LogP contribution in [-0.2, 0) is 9.53 Å². The molecule has 88 valence electrons. The number of methoxy groups -OCH3 is 1. The highest BCUT2D eigenvalue weighted by atomic mass is 16.5. The van der Waals surface area contributed by atoms with Crippen molar-refractivity contribution in [1.82, 2.24) is 0 Å². The molecule has 1 atom stereocenters. The molecular formula is C12H18N2O2. The summed E-state index contributed by atoms with van der Waals surface area (Å²) in [6.07, 6.45) is 1.42. The second-order valence-electron chi connectivity index (χ2n) is 3.60. The number of hydrogen-bond acceptors (Lipinski definition) is 3. The monoisotopic (exact) mass is 222 g/mol. The van der Waals surface area contributed by atoms with Crippen molar-refractivity contribution in [2.45, 2.75) is 18.9 Å². The molecule has 0 bridgehead atoms. The van der Waals surface area contributed by atoms with Crippen LogP contribution in [0.15, 0.2) is 30.3 Å². The van der Waals surface area contributed by atoms with Crippen LogP contribution in [0.4, 0.5) is 5.69 Å². The highest BCUT2D eigenvalue weighted by Gasteiger charge is 2.12. The molecule has 0 heterocycles. The highest BCUT2D eigenvalue weighted by Crippen LogP contribution is 2.06. The van der Waals surface area contributed by atoms with Gasteiger partial charge in [0, 0.05) is 19.4 Å². The molecule has 0 fully saturated rings. The van der Waals surface area contributed by atoms with Gasteiger partial charge in [-0.1, -0.05) is 18.2 Å². The summed E-state index contributed by atoms with van der Waals surface area (Å²) >= 11 is 0. The maximum Gasteiger partial charge on any atom is 0.241 e. The minimum absolute atomic E-state index is 0.151. The van der Waals surface area contributed by atoms with Gasteiger partial charge in [0.1, 0.15) is 0 Å². The molecule has 3 N–H and O–H groups in total. The van der Waals surface area contributed by atoms with Gasteiger partial charge in [-0.2, -0.15) is 0 Å². The number of amides is 1. The van der Waals surface area contributed by atoms with E-state index in [4.69, 9.17) is 10.5 Å². The molecule has 4 heteroatoms. The van der Waals surface area contributed by atoms with Crippen molar-refractivity contribution in [3.05, 3.63) is 30.3 Å². The number of carbonyl (C=O) groups is 1. The van der Waals surface area contributed by atoms with E-state index in [0.29, 0.717) is 13.0 Å². The predicted octanol–water partition coefficient (Wildman–Crippen LogP) is 1.38. The second kappa shape index (κ2) is 6.98. The van der Waals surface area contributed by atoms with Gasteiger partial charge in [-0.05, 0) is 25.0 Å². The fraction of sp³-hybridized carbons (Fsp3) is 0.417. The van der Waals surface area contributed by atoms with Gasteiger partial charge in [-0.15, -0.1) is 0 Å². The van der Waals surface area contributed by atoms with Crippen molar-refractivity contribution in [3.63, 3.8) is 0 Å². The number of rotatable bonds is 6. The number of anilines is 1. The summed E-state index contributed by atoms with van der Waals surface area (Å²) in [5, 5.41) is 2.76. The molecule has 0 aromatic heterocycles. The molecule has 4 nitrogen and oxygen atoms in total. The van der Waals surface area contributed by atoms with Gasteiger partial charge in [0.05, 0.1) is 6.04 Å². The highest BCUT2D eigenvalue weighted by molar-refractivity contribution is 5.94. The quantitative estimate of drug-likeness (QED) is 0.715. The van der Waals surface area contributed by atoms with E-state index in [0.717, 1.165) is 12.1 Å². The molecule has 0 saturated carbocycles. The molecule has 1 aromatic rings. The lowest BCUT2D eigenvalue weighted by molar-refractivity contribution is -0.117. The molecule has 1 unspecified atom stereocenters. The van der Waals surface area contributed by atoms with E-state index in [1.165, 1.54) is 0 Å². The van der Waals surface area contributed by atoms with Crippen molar-refractivity contribution in [3.8, 4) is 0 Å². The van der Waals surface area contributed by atoms with Crippen LogP contribution in [-0.4, -0.2) is 25.7 Å². The van der Waals surface area contributed by atoms with Crippen LogP contribution >= 0.6 is 0 Å². The van der Waals surface area contributed by atoms with Crippen LogP contribution in [0.2, 0.25) is 0 Å². The van der Waals surface area contributed by atoms with Gasteiger partial charge in [0.15, 0.2) is 0 Å². The number of benzene rings is 1. The molecule has 16 heavy (non-hydrogen) atoms. The number of ether oxygens (including phenoxy) is 1. The number of para-hydroxylation sites is 1. The predicted molar refractivity (Wildman–Crippen MR) is 64.2 cm³/mol. The van der Waals surface area contributed by atoms with Gasteiger partial charge in [-0.25, -0.2) is 0 Å². The molecule has 0 saturated heterocycles. The molecule has 0 radical (unpaired) electrons. The van der Waals surface area contributed by atoms with E-state index >= 15 is 0 Å². The number of carbonyl (C=O) groups excluding carboxylic acids is 1. The van der Waals surface area contributed by atoms with Crippen LogP contribution in [0.5, 0.6) is 0 Å². The van der Waals surface area contributed by atoms with Crippen LogP contribution in [0.25, 0.3) is 0 Å². The van der Waals surface area contributed by atoms with Gasteiger partial charge in [0.2, 0.25) is 5.91 Å². The first-order valence-electron chi connectivity index (χ1n) is 5.34. The molecule has 1 amide bonds. The minimum Gasteiger partial charge on any atom is -0.385 e. The molecule has 0 aliphatic carbocycles. The zero-order valence-corrected chi connectivity index (χ0v) is 9.48. The zero-order chi connectivity index (χ0) is 11.8. The second-order valence-corrected chi connectivity index (χ2v) is 3.60. The van der Waals surface area contributed by atoms with Crippen molar-refractivity contribution >= 4 is 11.6 Å². The lowest BCUT2D eigenvalue weighted by Crippen LogP contribution is -2.35. The number of hydrogen-bond donors (Lipinski definition) is 2. The Morgan fingerprint density at radius 2 is 2.12 bits per heavy atom. The van der Waals surface area contributed by atoms with Crippen molar-refractivity contribution in [2.75, 3.05) is 19.0 Å². The van der Waals surface area contributed by atoms with Crippen molar-refractivity contribution in [2.24, 2.45) is 5.73 Å². The average Bonchev–Trinajstić information content (AvgIpc) is 2.30. The van der Waals surface area contributed by atoms with E-state index in [1.807, 2.05) is 30.3 Å². The lowest BCUT2D eigenvalue weighted by Gasteiger charge is -2.11. The Balaban J connectivity index is 2.34. The lowest BCUT2D eigenvalue weighted by atomic mass is 10.1. The fourth-order valence-electron chi connectivity index (χ4n) is 1.34. The Bertz CT molecular complexity index is 314. The Morgan fingerprint density at radius 3 is 2.75 bits per heavy atom. The standard InChI is InChI=1S/C12H18N2O2/c1-16-9-5-8-11(13)12(15)14-10-6-3-2-4-7-10/h2-4,6-7,11H,5,8-9,13H2,1H3,(H,14,15). The van der Waals surface area contributed by atoms with E-state index in [9.17, 15) is 4.79 Å². The summed E-state index contributed by atoms with van der Waals surface area (Å²) in [7, 11) is 1.63. The van der Waals surface area contributed by atoms with Crippen LogP contribution in [0, 0.1) is 0 Å². The summed E-state index contributed by atoms with van der Waals surface area (Å²) in [4.78, 5) is 11.6. The van der Waals surface area contributed by atoms with Crippen LogP contribution in [0.3, 0.4) is 0 Å². The molecule has 0 aliphatic heterocycles. The third-order valence-electron chi connectivity index (χ3n) is 2.24. The summed E-state index contributed by atoms with van der Waals surface area (Å²) in [6, 6.07) is 8.82. The van der Waals surface area contributed by atoms with Gasteiger partial charge in [-0.3, -0.25) is 4.79 Å². The maximum absolute atomic E-state index is 11.6. The molecule has 1 aromatic carbocycles. The van der Waals surface area contributed by atoms with Crippen molar-refractivity contribution in [1.29, 1.82) is 0 Å². The van der Waals surface area contributed by atoms with Crippen LogP contribution < -0.4 is 11.1 Å². The first-order valence-corrected chi connectivity index (χ1v) is 5.34. The molecule has 0 spiro atoms.